The number of hydrogen-bond acceptors (Lipinski definition) is 3. The highest BCUT2D eigenvalue weighted by atomic mass is 32.1. The van der Waals surface area contributed by atoms with E-state index < -0.39 is 17.7 Å². The molecule has 0 fully saturated rings. The molecule has 0 aliphatic carbocycles. The summed E-state index contributed by atoms with van der Waals surface area (Å²) < 4.78 is 45.3. The zero-order valence-corrected chi connectivity index (χ0v) is 13.7. The zero-order chi connectivity index (χ0) is 18.1. The van der Waals surface area contributed by atoms with Crippen LogP contribution >= 0.6 is 12.2 Å². The van der Waals surface area contributed by atoms with Gasteiger partial charge in [-0.1, -0.05) is 24.4 Å². The van der Waals surface area contributed by atoms with Crippen molar-refractivity contribution in [3.05, 3.63) is 35.4 Å². The van der Waals surface area contributed by atoms with Crippen LogP contribution in [0.3, 0.4) is 0 Å². The van der Waals surface area contributed by atoms with Gasteiger partial charge in [0, 0.05) is 12.4 Å². The van der Waals surface area contributed by atoms with E-state index >= 15 is 0 Å². The molecule has 24 heavy (non-hydrogen) atoms. The van der Waals surface area contributed by atoms with Crippen molar-refractivity contribution >= 4 is 40.1 Å². The molecule has 2 aromatic rings. The van der Waals surface area contributed by atoms with E-state index in [1.165, 1.54) is 41.8 Å². The molecule has 0 aliphatic heterocycles. The zero-order valence-electron chi connectivity index (χ0n) is 12.8. The molecule has 0 unspecified atom stereocenters. The second kappa shape index (κ2) is 6.64. The molecule has 0 saturated carbocycles. The average molecular weight is 357 g/mol. The molecule has 0 amide bonds. The first-order chi connectivity index (χ1) is 11.2. The number of benzene rings is 2. The van der Waals surface area contributed by atoms with E-state index in [1.54, 1.807) is 7.05 Å². The lowest BCUT2D eigenvalue weighted by Gasteiger charge is -2.22. The fourth-order valence-electron chi connectivity index (χ4n) is 2.65. The molecule has 0 saturated heterocycles. The lowest BCUT2D eigenvalue weighted by atomic mass is 9.96. The van der Waals surface area contributed by atoms with E-state index in [0.29, 0.717) is 11.3 Å². The Labute approximate surface area is 141 Å². The van der Waals surface area contributed by atoms with Crippen LogP contribution in [-0.4, -0.2) is 30.7 Å². The summed E-state index contributed by atoms with van der Waals surface area (Å²) in [7, 11) is 2.73. The minimum absolute atomic E-state index is 0.0744. The van der Waals surface area contributed by atoms with Crippen molar-refractivity contribution in [2.24, 2.45) is 0 Å². The van der Waals surface area contributed by atoms with Crippen molar-refractivity contribution in [2.45, 2.75) is 12.6 Å². The Kier molecular flexibility index (Phi) is 4.98. The molecule has 8 heteroatoms. The van der Waals surface area contributed by atoms with Gasteiger partial charge in [-0.2, -0.15) is 13.2 Å². The summed E-state index contributed by atoms with van der Waals surface area (Å²) in [4.78, 5) is 12.5. The lowest BCUT2D eigenvalue weighted by Crippen LogP contribution is -2.17. The number of anilines is 1. The van der Waals surface area contributed by atoms with Crippen LogP contribution in [-0.2, 0) is 17.4 Å². The molecule has 0 radical (unpaired) electrons. The lowest BCUT2D eigenvalue weighted by molar-refractivity contribution is -0.138. The molecule has 0 bridgehead atoms. The van der Waals surface area contributed by atoms with Gasteiger partial charge in [-0.15, -0.1) is 0 Å². The summed E-state index contributed by atoms with van der Waals surface area (Å²) in [5.41, 5.74) is 1.05. The van der Waals surface area contributed by atoms with Crippen molar-refractivity contribution in [2.75, 3.05) is 19.1 Å². The standard InChI is InChI=1S/C16H14F3NO3S/c1-20(8-24)15-9(7-13(21)22)3-4-10-11(15)5-6-12(23-2)14(10)16(17,18)19/h3-6,8H,7H2,1-2H3,(H,21,22). The minimum atomic E-state index is -4.62. The summed E-state index contributed by atoms with van der Waals surface area (Å²) in [5, 5.41) is 9.21. The molecule has 2 aromatic carbocycles. The van der Waals surface area contributed by atoms with Crippen molar-refractivity contribution in [1.29, 1.82) is 0 Å². The maximum absolute atomic E-state index is 13.5. The van der Waals surface area contributed by atoms with Crippen LogP contribution < -0.4 is 9.64 Å². The topological polar surface area (TPSA) is 49.8 Å². The largest absolute Gasteiger partial charge is 0.496 e. The molecular weight excluding hydrogens is 343 g/mol. The number of nitrogens with zero attached hydrogens (tertiary/aromatic N) is 1. The van der Waals surface area contributed by atoms with E-state index in [-0.39, 0.29) is 22.9 Å². The Balaban J connectivity index is 2.90. The molecule has 2 rings (SSSR count). The fraction of sp³-hybridized carbons (Fsp3) is 0.250. The SMILES string of the molecule is COc1ccc2c(N(C)C=S)c(CC(=O)O)ccc2c1C(F)(F)F. The van der Waals surface area contributed by atoms with Crippen molar-refractivity contribution in [3.63, 3.8) is 0 Å². The number of carboxylic acid groups (broad SMARTS) is 1. The van der Waals surface area contributed by atoms with Crippen LogP contribution in [0.2, 0.25) is 0 Å². The highest BCUT2D eigenvalue weighted by Crippen LogP contribution is 2.44. The predicted octanol–water partition coefficient (Wildman–Crippen LogP) is 3.89. The van der Waals surface area contributed by atoms with Gasteiger partial charge in [-0.25, -0.2) is 0 Å². The Hall–Kier alpha value is -2.35. The third-order valence-electron chi connectivity index (χ3n) is 3.57. The van der Waals surface area contributed by atoms with E-state index in [2.05, 4.69) is 0 Å². The molecule has 0 spiro atoms. The normalized spacial score (nSPS) is 11.4. The minimum Gasteiger partial charge on any atom is -0.496 e. The second-order valence-corrected chi connectivity index (χ2v) is 5.31. The van der Waals surface area contributed by atoms with Crippen LogP contribution in [0.4, 0.5) is 18.9 Å². The molecule has 0 aliphatic rings. The van der Waals surface area contributed by atoms with Gasteiger partial charge in [-0.05, 0) is 23.1 Å². The van der Waals surface area contributed by atoms with Crippen LogP contribution in [0.5, 0.6) is 5.75 Å². The number of aliphatic carboxylic acids is 1. The first kappa shape index (κ1) is 18.0. The molecule has 0 atom stereocenters. The maximum Gasteiger partial charge on any atom is 0.420 e. The molecule has 0 heterocycles. The van der Waals surface area contributed by atoms with Crippen LogP contribution in [0.25, 0.3) is 10.8 Å². The van der Waals surface area contributed by atoms with Crippen molar-refractivity contribution < 1.29 is 27.8 Å². The number of rotatable bonds is 5. The van der Waals surface area contributed by atoms with Crippen molar-refractivity contribution in [3.8, 4) is 5.75 Å². The molecular formula is C16H14F3NO3S. The number of alkyl halides is 3. The van der Waals surface area contributed by atoms with Gasteiger partial charge in [0.05, 0.1) is 24.7 Å². The highest BCUT2D eigenvalue weighted by molar-refractivity contribution is 7.79. The molecule has 1 N–H and O–H groups in total. The monoisotopic (exact) mass is 357 g/mol. The van der Waals surface area contributed by atoms with Gasteiger partial charge in [0.15, 0.2) is 0 Å². The van der Waals surface area contributed by atoms with Gasteiger partial charge in [0.1, 0.15) is 11.3 Å². The Morgan fingerprint density at radius 2 is 1.92 bits per heavy atom. The first-order valence-electron chi connectivity index (χ1n) is 6.80. The first-order valence-corrected chi connectivity index (χ1v) is 7.27. The summed E-state index contributed by atoms with van der Waals surface area (Å²) in [5.74, 6) is -1.38. The number of carboxylic acids is 1. The number of hydrogen-bond donors (Lipinski definition) is 1. The number of carbonyl (C=O) groups is 1. The van der Waals surface area contributed by atoms with Crippen LogP contribution in [0.15, 0.2) is 24.3 Å². The van der Waals surface area contributed by atoms with Crippen molar-refractivity contribution in [1.82, 2.24) is 0 Å². The van der Waals surface area contributed by atoms with Gasteiger partial charge >= 0.3 is 12.1 Å². The van der Waals surface area contributed by atoms with E-state index in [4.69, 9.17) is 22.1 Å². The number of fused-ring (bicyclic) bond motifs is 1. The summed E-state index contributed by atoms with van der Waals surface area (Å²) >= 11 is 4.85. The second-order valence-electron chi connectivity index (χ2n) is 5.10. The van der Waals surface area contributed by atoms with Crippen LogP contribution in [0.1, 0.15) is 11.1 Å². The molecule has 128 valence electrons. The Morgan fingerprint density at radius 3 is 2.42 bits per heavy atom. The predicted molar refractivity (Wildman–Crippen MR) is 88.9 cm³/mol. The highest BCUT2D eigenvalue weighted by Gasteiger charge is 2.37. The quantitative estimate of drug-likeness (QED) is 0.823. The van der Waals surface area contributed by atoms with E-state index in [9.17, 15) is 18.0 Å². The molecule has 0 aromatic heterocycles. The smallest absolute Gasteiger partial charge is 0.420 e. The summed E-state index contributed by atoms with van der Waals surface area (Å²) in [6, 6.07) is 5.32. The van der Waals surface area contributed by atoms with E-state index in [0.717, 1.165) is 0 Å². The number of halogens is 3. The summed E-state index contributed by atoms with van der Waals surface area (Å²) in [6.07, 6.45) is -4.95. The Bertz CT molecular complexity index is 805. The third kappa shape index (κ3) is 3.28. The van der Waals surface area contributed by atoms with E-state index in [1.807, 2.05) is 0 Å². The maximum atomic E-state index is 13.5. The number of methoxy groups -OCH3 is 1. The Morgan fingerprint density at radius 1 is 1.29 bits per heavy atom. The number of ether oxygens (including phenoxy) is 1. The molecule has 4 nitrogen and oxygen atoms in total. The fourth-order valence-corrected chi connectivity index (χ4v) is 2.76. The van der Waals surface area contributed by atoms with Gasteiger partial charge in [0.25, 0.3) is 0 Å². The number of thiocarbonyl (C=S) groups is 1. The van der Waals surface area contributed by atoms with Gasteiger partial charge < -0.3 is 14.7 Å². The van der Waals surface area contributed by atoms with Gasteiger partial charge in [0.2, 0.25) is 0 Å². The summed E-state index contributed by atoms with van der Waals surface area (Å²) in [6.45, 7) is 0. The average Bonchev–Trinajstić information content (AvgIpc) is 2.51. The third-order valence-corrected chi connectivity index (χ3v) is 3.89. The van der Waals surface area contributed by atoms with Crippen LogP contribution in [0, 0.1) is 0 Å². The van der Waals surface area contributed by atoms with Gasteiger partial charge in [-0.3, -0.25) is 4.79 Å².